The molecule has 1 aromatic rings. The quantitative estimate of drug-likeness (QED) is 0.573. The third-order valence-electron chi connectivity index (χ3n) is 1.19. The maximum absolute atomic E-state index is 10.3. The van der Waals surface area contributed by atoms with Gasteiger partial charge in [-0.3, -0.25) is 9.63 Å². The van der Waals surface area contributed by atoms with Crippen molar-refractivity contribution in [3.8, 4) is 0 Å². The summed E-state index contributed by atoms with van der Waals surface area (Å²) in [6, 6.07) is 3.69. The van der Waals surface area contributed by atoms with Gasteiger partial charge in [-0.25, -0.2) is 0 Å². The molecule has 0 aliphatic heterocycles. The number of thiophene rings is 1. The first kappa shape index (κ1) is 10.5. The highest BCUT2D eigenvalue weighted by Crippen LogP contribution is 2.20. The summed E-state index contributed by atoms with van der Waals surface area (Å²) in [5.41, 5.74) is 7.45. The molecule has 1 amide bonds. The highest BCUT2D eigenvalue weighted by atomic mass is 35.5. The first-order chi connectivity index (χ1) is 6.18. The van der Waals surface area contributed by atoms with Crippen LogP contribution in [0.5, 0.6) is 0 Å². The van der Waals surface area contributed by atoms with Gasteiger partial charge in [-0.2, -0.15) is 5.48 Å². The van der Waals surface area contributed by atoms with E-state index in [4.69, 9.17) is 22.2 Å². The van der Waals surface area contributed by atoms with Crippen molar-refractivity contribution < 1.29 is 9.63 Å². The van der Waals surface area contributed by atoms with Crippen LogP contribution < -0.4 is 11.2 Å². The molecule has 0 spiro atoms. The number of carbonyl (C=O) groups is 1. The van der Waals surface area contributed by atoms with Crippen molar-refractivity contribution in [2.24, 2.45) is 5.73 Å². The zero-order chi connectivity index (χ0) is 9.68. The first-order valence-electron chi connectivity index (χ1n) is 3.55. The van der Waals surface area contributed by atoms with Crippen molar-refractivity contribution in [3.05, 3.63) is 21.3 Å². The standard InChI is InChI=1S/C7H9ClN2O2S/c8-6-2-1-5(13-6)3-10-12-4-7(9)11/h1-2,10H,3-4H2,(H2,9,11). The van der Waals surface area contributed by atoms with E-state index in [2.05, 4.69) is 5.48 Å². The number of hydrogen-bond acceptors (Lipinski definition) is 4. The average molecular weight is 221 g/mol. The SMILES string of the molecule is NC(=O)CONCc1ccc(Cl)s1. The predicted octanol–water partition coefficient (Wildman–Crippen LogP) is 0.908. The average Bonchev–Trinajstić information content (AvgIpc) is 2.45. The predicted molar refractivity (Wildman–Crippen MR) is 51.3 cm³/mol. The summed E-state index contributed by atoms with van der Waals surface area (Å²) in [4.78, 5) is 16.0. The van der Waals surface area contributed by atoms with Gasteiger partial charge in [0.15, 0.2) is 0 Å². The number of halogens is 1. The third-order valence-corrected chi connectivity index (χ3v) is 2.42. The van der Waals surface area contributed by atoms with Crippen LogP contribution in [0.3, 0.4) is 0 Å². The van der Waals surface area contributed by atoms with E-state index in [1.165, 1.54) is 11.3 Å². The normalized spacial score (nSPS) is 10.2. The van der Waals surface area contributed by atoms with E-state index in [0.717, 1.165) is 9.21 Å². The lowest BCUT2D eigenvalue weighted by Crippen LogP contribution is -2.24. The van der Waals surface area contributed by atoms with Crippen LogP contribution in [-0.4, -0.2) is 12.5 Å². The molecule has 1 aromatic heterocycles. The number of primary amides is 1. The third kappa shape index (κ3) is 4.23. The van der Waals surface area contributed by atoms with Crippen LogP contribution in [0, 0.1) is 0 Å². The fourth-order valence-corrected chi connectivity index (χ4v) is 1.71. The Hall–Kier alpha value is -0.620. The van der Waals surface area contributed by atoms with Gasteiger partial charge in [-0.1, -0.05) is 11.6 Å². The molecule has 0 radical (unpaired) electrons. The van der Waals surface area contributed by atoms with Gasteiger partial charge in [0.05, 0.1) is 10.9 Å². The Morgan fingerprint density at radius 2 is 2.46 bits per heavy atom. The molecule has 0 aliphatic rings. The Labute approximate surface area is 84.6 Å². The number of carbonyl (C=O) groups excluding carboxylic acids is 1. The second-order valence-corrected chi connectivity index (χ2v) is 4.08. The second-order valence-electron chi connectivity index (χ2n) is 2.28. The summed E-state index contributed by atoms with van der Waals surface area (Å²) in [5.74, 6) is -0.503. The molecule has 0 saturated carbocycles. The summed E-state index contributed by atoms with van der Waals surface area (Å²) in [6.07, 6.45) is 0. The Kier molecular flexibility index (Phi) is 4.17. The molecule has 3 N–H and O–H groups in total. The summed E-state index contributed by atoms with van der Waals surface area (Å²) in [7, 11) is 0. The highest BCUT2D eigenvalue weighted by Gasteiger charge is 1.98. The van der Waals surface area contributed by atoms with Crippen molar-refractivity contribution >= 4 is 28.8 Å². The minimum Gasteiger partial charge on any atom is -0.368 e. The molecule has 1 heterocycles. The van der Waals surface area contributed by atoms with Crippen LogP contribution in [0.25, 0.3) is 0 Å². The highest BCUT2D eigenvalue weighted by molar-refractivity contribution is 7.16. The fourth-order valence-electron chi connectivity index (χ4n) is 0.691. The van der Waals surface area contributed by atoms with Crippen LogP contribution in [0.1, 0.15) is 4.88 Å². The fraction of sp³-hybridized carbons (Fsp3) is 0.286. The number of amides is 1. The molecule has 0 bridgehead atoms. The largest absolute Gasteiger partial charge is 0.368 e. The van der Waals surface area contributed by atoms with E-state index < -0.39 is 5.91 Å². The number of nitrogens with two attached hydrogens (primary N) is 1. The summed E-state index contributed by atoms with van der Waals surface area (Å²) < 4.78 is 0.728. The van der Waals surface area contributed by atoms with E-state index in [9.17, 15) is 4.79 Å². The van der Waals surface area contributed by atoms with E-state index in [1.54, 1.807) is 6.07 Å². The van der Waals surface area contributed by atoms with E-state index in [0.29, 0.717) is 6.54 Å². The van der Waals surface area contributed by atoms with Crippen molar-refractivity contribution in [3.63, 3.8) is 0 Å². The van der Waals surface area contributed by atoms with Crippen LogP contribution in [-0.2, 0) is 16.2 Å². The Balaban J connectivity index is 2.16. The molecule has 0 unspecified atom stereocenters. The summed E-state index contributed by atoms with van der Waals surface area (Å²) >= 11 is 7.15. The maximum atomic E-state index is 10.3. The Bertz CT molecular complexity index is 290. The van der Waals surface area contributed by atoms with Crippen molar-refractivity contribution in [1.82, 2.24) is 5.48 Å². The zero-order valence-electron chi connectivity index (χ0n) is 6.75. The molecule has 0 aliphatic carbocycles. The summed E-state index contributed by atoms with van der Waals surface area (Å²) in [5, 5.41) is 0. The van der Waals surface area contributed by atoms with Crippen molar-refractivity contribution in [2.45, 2.75) is 6.54 Å². The molecular formula is C7H9ClN2O2S. The number of hydroxylamine groups is 1. The zero-order valence-corrected chi connectivity index (χ0v) is 8.32. The molecule has 0 atom stereocenters. The van der Waals surface area contributed by atoms with Crippen molar-refractivity contribution in [2.75, 3.05) is 6.61 Å². The lowest BCUT2D eigenvalue weighted by Gasteiger charge is -2.00. The van der Waals surface area contributed by atoms with Crippen LogP contribution in [0.2, 0.25) is 4.34 Å². The lowest BCUT2D eigenvalue weighted by molar-refractivity contribution is -0.125. The summed E-state index contributed by atoms with van der Waals surface area (Å²) in [6.45, 7) is 0.393. The van der Waals surface area contributed by atoms with Gasteiger partial charge in [-0.05, 0) is 12.1 Å². The molecule has 72 valence electrons. The molecule has 13 heavy (non-hydrogen) atoms. The maximum Gasteiger partial charge on any atom is 0.245 e. The second kappa shape index (κ2) is 5.18. The first-order valence-corrected chi connectivity index (χ1v) is 4.75. The molecule has 1 rings (SSSR count). The number of rotatable bonds is 5. The van der Waals surface area contributed by atoms with Gasteiger partial charge in [0.1, 0.15) is 6.61 Å². The Morgan fingerprint density at radius 3 is 3.00 bits per heavy atom. The van der Waals surface area contributed by atoms with Crippen LogP contribution in [0.4, 0.5) is 0 Å². The number of nitrogens with one attached hydrogen (secondary N) is 1. The van der Waals surface area contributed by atoms with E-state index >= 15 is 0 Å². The molecular weight excluding hydrogens is 212 g/mol. The Morgan fingerprint density at radius 1 is 1.69 bits per heavy atom. The molecule has 0 aromatic carbocycles. The molecule has 4 nitrogen and oxygen atoms in total. The van der Waals surface area contributed by atoms with Gasteiger partial charge in [-0.15, -0.1) is 11.3 Å². The smallest absolute Gasteiger partial charge is 0.245 e. The van der Waals surface area contributed by atoms with E-state index in [-0.39, 0.29) is 6.61 Å². The van der Waals surface area contributed by atoms with Gasteiger partial charge in [0, 0.05) is 4.88 Å². The topological polar surface area (TPSA) is 64.4 Å². The molecule has 0 saturated heterocycles. The minimum absolute atomic E-state index is 0.126. The monoisotopic (exact) mass is 220 g/mol. The molecule has 6 heteroatoms. The van der Waals surface area contributed by atoms with Gasteiger partial charge in [0.25, 0.3) is 0 Å². The minimum atomic E-state index is -0.503. The molecule has 0 fully saturated rings. The van der Waals surface area contributed by atoms with Gasteiger partial charge in [0.2, 0.25) is 5.91 Å². The van der Waals surface area contributed by atoms with Crippen LogP contribution >= 0.6 is 22.9 Å². The van der Waals surface area contributed by atoms with Crippen molar-refractivity contribution in [1.29, 1.82) is 0 Å². The number of hydrogen-bond donors (Lipinski definition) is 2. The van der Waals surface area contributed by atoms with Crippen LogP contribution in [0.15, 0.2) is 12.1 Å². The lowest BCUT2D eigenvalue weighted by atomic mass is 10.5. The van der Waals surface area contributed by atoms with Gasteiger partial charge >= 0.3 is 0 Å². The van der Waals surface area contributed by atoms with E-state index in [1.807, 2.05) is 6.07 Å². The van der Waals surface area contributed by atoms with Gasteiger partial charge < -0.3 is 5.73 Å².